The normalized spacial score (nSPS) is 33.9. The molecule has 0 aromatic heterocycles. The van der Waals surface area contributed by atoms with Gasteiger partial charge in [0.05, 0.1) is 12.8 Å². The van der Waals surface area contributed by atoms with Gasteiger partial charge in [-0.1, -0.05) is 20.8 Å². The molecule has 0 spiro atoms. The van der Waals surface area contributed by atoms with Crippen LogP contribution in [0.4, 0.5) is 0 Å². The third-order valence-electron chi connectivity index (χ3n) is 6.27. The van der Waals surface area contributed by atoms with Gasteiger partial charge in [0, 0.05) is 5.41 Å². The van der Waals surface area contributed by atoms with Crippen LogP contribution in [0.5, 0.6) is 0 Å². The number of fused-ring (bicyclic) bond motifs is 2. The van der Waals surface area contributed by atoms with E-state index < -0.39 is 36.4 Å². The summed E-state index contributed by atoms with van der Waals surface area (Å²) in [6, 6.07) is 0. The second-order valence-electron chi connectivity index (χ2n) is 7.67. The van der Waals surface area contributed by atoms with E-state index >= 15 is 0 Å². The molecule has 2 bridgehead atoms. The molecule has 2 saturated carbocycles. The topological polar surface area (TPSA) is 121 Å². The fourth-order valence-electron chi connectivity index (χ4n) is 4.21. The zero-order valence-corrected chi connectivity index (χ0v) is 13.7. The molecule has 0 aliphatic heterocycles. The van der Waals surface area contributed by atoms with Gasteiger partial charge in [-0.2, -0.15) is 0 Å². The quantitative estimate of drug-likeness (QED) is 0.630. The lowest BCUT2D eigenvalue weighted by Gasteiger charge is -2.38. The van der Waals surface area contributed by atoms with E-state index in [1.54, 1.807) is 0 Å². The fraction of sp³-hybridized carbons (Fsp3) is 0.812. The van der Waals surface area contributed by atoms with Crippen LogP contribution < -0.4 is 0 Å². The van der Waals surface area contributed by atoms with Crippen molar-refractivity contribution in [2.24, 2.45) is 16.7 Å². The SMILES string of the molecule is CC1(C)C2CCC1(C)C(OC(=O)CC(O)(CC(=O)O)C(=O)O)C2. The number of carboxylic acid groups (broad SMARTS) is 2. The van der Waals surface area contributed by atoms with E-state index in [1.807, 2.05) is 0 Å². The number of carboxylic acids is 2. The smallest absolute Gasteiger partial charge is 0.336 e. The van der Waals surface area contributed by atoms with Crippen LogP contribution in [-0.4, -0.2) is 44.9 Å². The molecule has 0 aromatic rings. The Morgan fingerprint density at radius 2 is 1.78 bits per heavy atom. The van der Waals surface area contributed by atoms with E-state index in [9.17, 15) is 19.5 Å². The number of aliphatic carboxylic acids is 2. The van der Waals surface area contributed by atoms with E-state index in [2.05, 4.69) is 20.8 Å². The molecule has 130 valence electrons. The highest BCUT2D eigenvalue weighted by atomic mass is 16.5. The number of carbonyl (C=O) groups excluding carboxylic acids is 1. The summed E-state index contributed by atoms with van der Waals surface area (Å²) >= 11 is 0. The van der Waals surface area contributed by atoms with Gasteiger partial charge in [0.15, 0.2) is 5.60 Å². The Bertz CT molecular complexity index is 541. The lowest BCUT2D eigenvalue weighted by molar-refractivity contribution is -0.176. The largest absolute Gasteiger partial charge is 0.481 e. The van der Waals surface area contributed by atoms with Crippen molar-refractivity contribution in [2.75, 3.05) is 0 Å². The summed E-state index contributed by atoms with van der Waals surface area (Å²) in [6.45, 7) is 6.37. The molecule has 4 unspecified atom stereocenters. The number of hydrogen-bond acceptors (Lipinski definition) is 5. The third-order valence-corrected chi connectivity index (χ3v) is 6.27. The zero-order chi connectivity index (χ0) is 17.6. The third kappa shape index (κ3) is 2.82. The van der Waals surface area contributed by atoms with Gasteiger partial charge in [-0.05, 0) is 30.6 Å². The predicted octanol–water partition coefficient (Wildman–Crippen LogP) is 1.42. The Morgan fingerprint density at radius 3 is 2.17 bits per heavy atom. The Hall–Kier alpha value is -1.63. The average molecular weight is 328 g/mol. The van der Waals surface area contributed by atoms with Gasteiger partial charge in [0.25, 0.3) is 0 Å². The Kier molecular flexibility index (Phi) is 4.22. The summed E-state index contributed by atoms with van der Waals surface area (Å²) in [5.74, 6) is -3.65. The van der Waals surface area contributed by atoms with Crippen LogP contribution in [0.2, 0.25) is 0 Å². The molecule has 2 aliphatic carbocycles. The van der Waals surface area contributed by atoms with Crippen LogP contribution in [0.15, 0.2) is 0 Å². The molecule has 7 nitrogen and oxygen atoms in total. The number of hydrogen-bond donors (Lipinski definition) is 3. The molecule has 0 aromatic carbocycles. The molecule has 23 heavy (non-hydrogen) atoms. The number of ether oxygens (including phenoxy) is 1. The number of carbonyl (C=O) groups is 3. The van der Waals surface area contributed by atoms with Crippen LogP contribution in [-0.2, 0) is 19.1 Å². The van der Waals surface area contributed by atoms with E-state index in [1.165, 1.54) is 0 Å². The van der Waals surface area contributed by atoms with Gasteiger partial charge in [-0.15, -0.1) is 0 Å². The Morgan fingerprint density at radius 1 is 1.17 bits per heavy atom. The first-order valence-electron chi connectivity index (χ1n) is 7.79. The minimum Gasteiger partial charge on any atom is -0.481 e. The second kappa shape index (κ2) is 5.47. The minimum absolute atomic E-state index is 0.0299. The number of esters is 1. The van der Waals surface area contributed by atoms with Gasteiger partial charge >= 0.3 is 17.9 Å². The van der Waals surface area contributed by atoms with Crippen molar-refractivity contribution in [2.45, 2.75) is 64.6 Å². The predicted molar refractivity (Wildman–Crippen MR) is 78.6 cm³/mol. The first-order valence-corrected chi connectivity index (χ1v) is 7.79. The lowest BCUT2D eigenvalue weighted by atomic mass is 9.70. The van der Waals surface area contributed by atoms with Crippen molar-refractivity contribution in [1.29, 1.82) is 0 Å². The summed E-state index contributed by atoms with van der Waals surface area (Å²) in [4.78, 5) is 33.9. The Balaban J connectivity index is 2.06. The molecule has 7 heteroatoms. The summed E-state index contributed by atoms with van der Waals surface area (Å²) in [6.07, 6.45) is 0.488. The van der Waals surface area contributed by atoms with Gasteiger partial charge in [0.2, 0.25) is 0 Å². The van der Waals surface area contributed by atoms with E-state index in [-0.39, 0.29) is 16.9 Å². The van der Waals surface area contributed by atoms with Crippen molar-refractivity contribution >= 4 is 17.9 Å². The standard InChI is InChI=1S/C16H24O7/c1-14(2)9-4-5-15(14,3)10(6-9)23-12(19)8-16(22,13(20)21)7-11(17)18/h9-10,22H,4-8H2,1-3H3,(H,17,18)(H,20,21). The molecular formula is C16H24O7. The van der Waals surface area contributed by atoms with E-state index in [0.717, 1.165) is 19.3 Å². The van der Waals surface area contributed by atoms with Crippen molar-refractivity contribution in [3.8, 4) is 0 Å². The van der Waals surface area contributed by atoms with Gasteiger partial charge in [-0.3, -0.25) is 9.59 Å². The van der Waals surface area contributed by atoms with Crippen LogP contribution in [0.25, 0.3) is 0 Å². The van der Waals surface area contributed by atoms with Gasteiger partial charge in [-0.25, -0.2) is 4.79 Å². The van der Waals surface area contributed by atoms with E-state index in [4.69, 9.17) is 14.9 Å². The van der Waals surface area contributed by atoms with Crippen LogP contribution in [0.3, 0.4) is 0 Å². The maximum Gasteiger partial charge on any atom is 0.336 e. The van der Waals surface area contributed by atoms with Crippen LogP contribution >= 0.6 is 0 Å². The number of aliphatic hydroxyl groups is 1. The molecule has 2 aliphatic rings. The van der Waals surface area contributed by atoms with Crippen LogP contribution in [0.1, 0.15) is 52.9 Å². The average Bonchev–Trinajstić information content (AvgIpc) is 2.70. The summed E-state index contributed by atoms with van der Waals surface area (Å²) < 4.78 is 5.46. The monoisotopic (exact) mass is 328 g/mol. The highest BCUT2D eigenvalue weighted by Crippen LogP contribution is 2.66. The van der Waals surface area contributed by atoms with E-state index in [0.29, 0.717) is 5.92 Å². The number of rotatable bonds is 6. The van der Waals surface area contributed by atoms with Crippen LogP contribution in [0, 0.1) is 16.7 Å². The molecule has 2 rings (SSSR count). The summed E-state index contributed by atoms with van der Waals surface area (Å²) in [5.41, 5.74) is -2.79. The fourth-order valence-corrected chi connectivity index (χ4v) is 4.21. The first kappa shape index (κ1) is 17.7. The summed E-state index contributed by atoms with van der Waals surface area (Å²) in [7, 11) is 0. The molecular weight excluding hydrogens is 304 g/mol. The highest BCUT2D eigenvalue weighted by Gasteiger charge is 2.63. The molecule has 0 heterocycles. The zero-order valence-electron chi connectivity index (χ0n) is 13.7. The molecule has 3 N–H and O–H groups in total. The molecule has 2 fully saturated rings. The van der Waals surface area contributed by atoms with Crippen molar-refractivity contribution in [1.82, 2.24) is 0 Å². The second-order valence-corrected chi connectivity index (χ2v) is 7.67. The molecule has 4 atom stereocenters. The van der Waals surface area contributed by atoms with Crippen molar-refractivity contribution in [3.63, 3.8) is 0 Å². The maximum atomic E-state index is 12.1. The minimum atomic E-state index is -2.64. The molecule has 0 radical (unpaired) electrons. The molecule has 0 amide bonds. The lowest BCUT2D eigenvalue weighted by Crippen LogP contribution is -2.45. The van der Waals surface area contributed by atoms with Gasteiger partial charge in [0.1, 0.15) is 6.10 Å². The van der Waals surface area contributed by atoms with Crippen molar-refractivity contribution in [3.05, 3.63) is 0 Å². The molecule has 0 saturated heterocycles. The maximum absolute atomic E-state index is 12.1. The van der Waals surface area contributed by atoms with Gasteiger partial charge < -0.3 is 20.1 Å². The summed E-state index contributed by atoms with van der Waals surface area (Å²) in [5, 5.41) is 27.6. The van der Waals surface area contributed by atoms with Crippen molar-refractivity contribution < 1.29 is 34.4 Å². The Labute approximate surface area is 134 Å². The first-order chi connectivity index (χ1) is 10.4. The highest BCUT2D eigenvalue weighted by molar-refractivity contribution is 5.88.